The van der Waals surface area contributed by atoms with E-state index in [1.165, 1.54) is 13.0 Å². The molecule has 0 atom stereocenters. The van der Waals surface area contributed by atoms with Crippen molar-refractivity contribution in [2.24, 2.45) is 0 Å². The van der Waals surface area contributed by atoms with Gasteiger partial charge in [0.25, 0.3) is 5.69 Å². The van der Waals surface area contributed by atoms with E-state index in [0.717, 1.165) is 18.3 Å². The second-order valence-corrected chi connectivity index (χ2v) is 5.59. The number of nitrogens with zero attached hydrogens (tertiary/aromatic N) is 2. The number of rotatable bonds is 3. The van der Waals surface area contributed by atoms with Crippen LogP contribution in [0.2, 0.25) is 5.02 Å². The van der Waals surface area contributed by atoms with Gasteiger partial charge in [0.15, 0.2) is 0 Å². The molecule has 1 aromatic heterocycles. The largest absolute Gasteiger partial charge is 0.438 e. The summed E-state index contributed by atoms with van der Waals surface area (Å²) in [4.78, 5) is 13.9. The fourth-order valence-electron chi connectivity index (χ4n) is 1.70. The number of pyridine rings is 1. The van der Waals surface area contributed by atoms with Gasteiger partial charge in [0.1, 0.15) is 11.9 Å². The third-order valence-electron chi connectivity index (χ3n) is 2.86. The molecule has 2 aromatic rings. The lowest BCUT2D eigenvalue weighted by Gasteiger charge is -2.12. The minimum absolute atomic E-state index is 0.0939. The number of hydrogen-bond donors (Lipinski definition) is 0. The van der Waals surface area contributed by atoms with Gasteiger partial charge in [-0.2, -0.15) is 13.2 Å². The normalized spacial score (nSPS) is 11.4. The van der Waals surface area contributed by atoms with Crippen molar-refractivity contribution in [2.45, 2.75) is 13.1 Å². The molecule has 0 aliphatic rings. The van der Waals surface area contributed by atoms with Crippen LogP contribution < -0.4 is 4.74 Å². The van der Waals surface area contributed by atoms with Gasteiger partial charge in [0.2, 0.25) is 5.88 Å². The third kappa shape index (κ3) is 3.73. The van der Waals surface area contributed by atoms with Gasteiger partial charge < -0.3 is 4.74 Å². The van der Waals surface area contributed by atoms with Crippen molar-refractivity contribution in [3.8, 4) is 11.6 Å². The van der Waals surface area contributed by atoms with E-state index in [1.54, 1.807) is 0 Å². The number of nitro groups is 1. The fraction of sp³-hybridized carbons (Fsp3) is 0.154. The molecule has 0 unspecified atom stereocenters. The van der Waals surface area contributed by atoms with Gasteiger partial charge >= 0.3 is 6.18 Å². The van der Waals surface area contributed by atoms with Gasteiger partial charge in [0, 0.05) is 5.56 Å². The summed E-state index contributed by atoms with van der Waals surface area (Å²) in [5.41, 5.74) is -1.05. The van der Waals surface area contributed by atoms with E-state index in [9.17, 15) is 23.3 Å². The summed E-state index contributed by atoms with van der Waals surface area (Å²) in [5.74, 6) is -0.244. The van der Waals surface area contributed by atoms with Crippen molar-refractivity contribution in [2.75, 3.05) is 0 Å². The van der Waals surface area contributed by atoms with Crippen LogP contribution in [0.5, 0.6) is 11.6 Å². The van der Waals surface area contributed by atoms with E-state index in [1.807, 2.05) is 0 Å². The molecular weight excluding hydrogens is 405 g/mol. The fourth-order valence-corrected chi connectivity index (χ4v) is 2.31. The first-order valence-electron chi connectivity index (χ1n) is 5.95. The van der Waals surface area contributed by atoms with Gasteiger partial charge in [-0.1, -0.05) is 11.6 Å². The van der Waals surface area contributed by atoms with E-state index in [4.69, 9.17) is 16.3 Å². The highest BCUT2D eigenvalue weighted by molar-refractivity contribution is 9.10. The maximum absolute atomic E-state index is 12.8. The summed E-state index contributed by atoms with van der Waals surface area (Å²) in [5, 5.41) is 10.3. The van der Waals surface area contributed by atoms with Crippen LogP contribution in [0.3, 0.4) is 0 Å². The van der Waals surface area contributed by atoms with E-state index >= 15 is 0 Å². The van der Waals surface area contributed by atoms with Gasteiger partial charge in [-0.25, -0.2) is 4.98 Å². The first-order valence-corrected chi connectivity index (χ1v) is 7.12. The van der Waals surface area contributed by atoms with Crippen molar-refractivity contribution in [3.05, 3.63) is 55.1 Å². The Morgan fingerprint density at radius 3 is 2.61 bits per heavy atom. The van der Waals surface area contributed by atoms with Crippen LogP contribution in [0.25, 0.3) is 0 Å². The van der Waals surface area contributed by atoms with Crippen molar-refractivity contribution in [3.63, 3.8) is 0 Å². The molecule has 0 N–H and O–H groups in total. The van der Waals surface area contributed by atoms with Crippen LogP contribution in [0.4, 0.5) is 18.9 Å². The topological polar surface area (TPSA) is 65.3 Å². The Balaban J connectivity index is 2.41. The van der Waals surface area contributed by atoms with Crippen LogP contribution in [0.1, 0.15) is 11.1 Å². The second kappa shape index (κ2) is 6.32. The molecule has 122 valence electrons. The van der Waals surface area contributed by atoms with Crippen LogP contribution in [-0.4, -0.2) is 9.91 Å². The molecule has 1 heterocycles. The quantitative estimate of drug-likeness (QED) is 0.492. The number of aromatic nitrogens is 1. The summed E-state index contributed by atoms with van der Waals surface area (Å²) in [7, 11) is 0. The highest BCUT2D eigenvalue weighted by Crippen LogP contribution is 2.39. The average Bonchev–Trinajstić information content (AvgIpc) is 2.44. The summed E-state index contributed by atoms with van der Waals surface area (Å²) in [6, 6.07) is 3.02. The molecule has 5 nitrogen and oxygen atoms in total. The number of ether oxygens (including phenoxy) is 1. The molecule has 1 aromatic carbocycles. The average molecular weight is 412 g/mol. The highest BCUT2D eigenvalue weighted by atomic mass is 79.9. The first kappa shape index (κ1) is 17.5. The Morgan fingerprint density at radius 1 is 1.39 bits per heavy atom. The van der Waals surface area contributed by atoms with Gasteiger partial charge in [0.05, 0.1) is 20.0 Å². The second-order valence-electron chi connectivity index (χ2n) is 4.39. The molecular formula is C13H7BrClF3N2O3. The molecule has 0 bridgehead atoms. The summed E-state index contributed by atoms with van der Waals surface area (Å²) >= 11 is 8.61. The monoisotopic (exact) mass is 410 g/mol. The molecule has 10 heteroatoms. The SMILES string of the molecule is Cc1c([N+](=O)[O-])cnc(Oc2ccc(Cl)c(C(F)(F)F)c2)c1Br. The highest BCUT2D eigenvalue weighted by Gasteiger charge is 2.33. The number of benzene rings is 1. The molecule has 0 saturated heterocycles. The Kier molecular flexibility index (Phi) is 4.81. The Labute approximate surface area is 141 Å². The number of halogens is 5. The molecule has 0 fully saturated rings. The Hall–Kier alpha value is -1.87. The molecule has 0 radical (unpaired) electrons. The molecule has 0 saturated carbocycles. The smallest absolute Gasteiger partial charge is 0.417 e. The predicted molar refractivity (Wildman–Crippen MR) is 79.9 cm³/mol. The summed E-state index contributed by atoms with van der Waals surface area (Å²) in [6.45, 7) is 1.46. The van der Waals surface area contributed by atoms with Gasteiger partial charge in [-0.05, 0) is 41.1 Å². The van der Waals surface area contributed by atoms with Crippen molar-refractivity contribution >= 4 is 33.2 Å². The van der Waals surface area contributed by atoms with Crippen molar-refractivity contribution in [1.82, 2.24) is 4.98 Å². The zero-order valence-corrected chi connectivity index (χ0v) is 13.7. The molecule has 0 aliphatic carbocycles. The number of alkyl halides is 3. The standard InChI is InChI=1S/C13H7BrClF3N2O3/c1-6-10(20(21)22)5-19-12(11(6)14)23-7-2-3-9(15)8(4-7)13(16,17)18/h2-5H,1H3. The zero-order valence-electron chi connectivity index (χ0n) is 11.3. The summed E-state index contributed by atoms with van der Waals surface area (Å²) in [6.07, 6.45) is -3.66. The lowest BCUT2D eigenvalue weighted by molar-refractivity contribution is -0.385. The van der Waals surface area contributed by atoms with Crippen molar-refractivity contribution in [1.29, 1.82) is 0 Å². The van der Waals surface area contributed by atoms with E-state index in [-0.39, 0.29) is 27.4 Å². The Morgan fingerprint density at radius 2 is 2.04 bits per heavy atom. The minimum Gasteiger partial charge on any atom is -0.438 e. The molecule has 23 heavy (non-hydrogen) atoms. The van der Waals surface area contributed by atoms with Gasteiger partial charge in [-0.3, -0.25) is 10.1 Å². The maximum Gasteiger partial charge on any atom is 0.417 e. The first-order chi connectivity index (χ1) is 10.6. The third-order valence-corrected chi connectivity index (χ3v) is 4.12. The van der Waals surface area contributed by atoms with Crippen LogP contribution in [-0.2, 0) is 6.18 Å². The molecule has 2 rings (SSSR count). The van der Waals surface area contributed by atoms with Crippen LogP contribution in [0, 0.1) is 17.0 Å². The summed E-state index contributed by atoms with van der Waals surface area (Å²) < 4.78 is 43.9. The minimum atomic E-state index is -4.63. The molecule has 0 spiro atoms. The lowest BCUT2D eigenvalue weighted by Crippen LogP contribution is -2.06. The van der Waals surface area contributed by atoms with Gasteiger partial charge in [-0.15, -0.1) is 0 Å². The molecule has 0 aliphatic heterocycles. The zero-order chi connectivity index (χ0) is 17.4. The van der Waals surface area contributed by atoms with Crippen LogP contribution in [0.15, 0.2) is 28.9 Å². The van der Waals surface area contributed by atoms with Crippen molar-refractivity contribution < 1.29 is 22.8 Å². The molecule has 0 amide bonds. The van der Waals surface area contributed by atoms with E-state index in [2.05, 4.69) is 20.9 Å². The van der Waals surface area contributed by atoms with E-state index in [0.29, 0.717) is 0 Å². The van der Waals surface area contributed by atoms with E-state index < -0.39 is 21.7 Å². The lowest BCUT2D eigenvalue weighted by atomic mass is 10.2. The maximum atomic E-state index is 12.8. The van der Waals surface area contributed by atoms with Crippen LogP contribution >= 0.6 is 27.5 Å². The number of hydrogen-bond acceptors (Lipinski definition) is 4. The predicted octanol–water partition coefficient (Wildman–Crippen LogP) is 5.53. The Bertz CT molecular complexity index is 784.